The smallest absolute Gasteiger partial charge is 0.0136 e. The summed E-state index contributed by atoms with van der Waals surface area (Å²) in [5.74, 6) is 4.79. The van der Waals surface area contributed by atoms with Crippen LogP contribution in [0.2, 0.25) is 0 Å². The molecule has 3 unspecified atom stereocenters. The highest BCUT2D eigenvalue weighted by atomic mass is 14.4. The van der Waals surface area contributed by atoms with Gasteiger partial charge >= 0.3 is 0 Å². The van der Waals surface area contributed by atoms with Crippen LogP contribution in [0, 0.1) is 23.7 Å². The maximum absolute atomic E-state index is 2.53. The Bertz CT molecular complexity index is 491. The van der Waals surface area contributed by atoms with Crippen LogP contribution < -0.4 is 0 Å². The van der Waals surface area contributed by atoms with E-state index >= 15 is 0 Å². The molecule has 2 fully saturated rings. The molecule has 0 aromatic heterocycles. The second kappa shape index (κ2) is 9.24. The van der Waals surface area contributed by atoms with Gasteiger partial charge in [0, 0.05) is 0 Å². The van der Waals surface area contributed by atoms with E-state index in [2.05, 4.69) is 45.0 Å². The minimum absolute atomic E-state index is 0.809. The molecule has 3 rings (SSSR count). The fourth-order valence-electron chi connectivity index (χ4n) is 5.94. The average Bonchev–Trinajstić information content (AvgIpc) is 2.64. The van der Waals surface area contributed by atoms with Gasteiger partial charge in [-0.2, -0.15) is 0 Å². The lowest BCUT2D eigenvalue weighted by Gasteiger charge is -2.41. The first-order valence-corrected chi connectivity index (χ1v) is 11.3. The molecule has 0 heteroatoms. The average molecular weight is 341 g/mol. The summed E-state index contributed by atoms with van der Waals surface area (Å²) in [6, 6.07) is 9.63. The molecule has 0 amide bonds. The predicted octanol–water partition coefficient (Wildman–Crippen LogP) is 7.77. The summed E-state index contributed by atoms with van der Waals surface area (Å²) in [6.07, 6.45) is 15.8. The van der Waals surface area contributed by atoms with E-state index in [1.807, 2.05) is 0 Å². The van der Waals surface area contributed by atoms with Crippen molar-refractivity contribution in [2.75, 3.05) is 0 Å². The summed E-state index contributed by atoms with van der Waals surface area (Å²) in [4.78, 5) is 0. The predicted molar refractivity (Wildman–Crippen MR) is 110 cm³/mol. The van der Waals surface area contributed by atoms with E-state index < -0.39 is 0 Å². The Kier molecular flexibility index (Phi) is 7.02. The molecule has 3 atom stereocenters. The van der Waals surface area contributed by atoms with E-state index in [4.69, 9.17) is 0 Å². The third-order valence-electron chi connectivity index (χ3n) is 7.41. The summed E-state index contributed by atoms with van der Waals surface area (Å²) < 4.78 is 0. The van der Waals surface area contributed by atoms with Crippen molar-refractivity contribution >= 4 is 0 Å². The van der Waals surface area contributed by atoms with E-state index in [0.29, 0.717) is 0 Å². The van der Waals surface area contributed by atoms with Gasteiger partial charge in [0.05, 0.1) is 0 Å². The minimum Gasteiger partial charge on any atom is -0.0654 e. The number of hydrogen-bond donors (Lipinski definition) is 0. The molecule has 1 aromatic carbocycles. The molecule has 0 bridgehead atoms. The molecule has 140 valence electrons. The maximum atomic E-state index is 2.53. The topological polar surface area (TPSA) is 0 Å². The van der Waals surface area contributed by atoms with Crippen molar-refractivity contribution in [1.82, 2.24) is 0 Å². The molecule has 0 heterocycles. The summed E-state index contributed by atoms with van der Waals surface area (Å²) in [5, 5.41) is 0. The van der Waals surface area contributed by atoms with Gasteiger partial charge < -0.3 is 0 Å². The molecule has 0 saturated heterocycles. The molecule has 0 spiro atoms. The van der Waals surface area contributed by atoms with Crippen LogP contribution >= 0.6 is 0 Å². The largest absolute Gasteiger partial charge is 0.0654 e. The zero-order chi connectivity index (χ0) is 17.6. The van der Waals surface area contributed by atoms with Gasteiger partial charge in [-0.05, 0) is 79.2 Å². The highest BCUT2D eigenvalue weighted by Crippen LogP contribution is 2.46. The molecule has 1 aromatic rings. The van der Waals surface area contributed by atoms with Crippen molar-refractivity contribution < 1.29 is 0 Å². The molecular formula is C25H40. The summed E-state index contributed by atoms with van der Waals surface area (Å²) in [7, 11) is 0. The Morgan fingerprint density at radius 1 is 0.800 bits per heavy atom. The normalized spacial score (nSPS) is 33.3. The van der Waals surface area contributed by atoms with Crippen LogP contribution in [-0.2, 0) is 6.42 Å². The van der Waals surface area contributed by atoms with Gasteiger partial charge in [-0.15, -0.1) is 0 Å². The highest BCUT2D eigenvalue weighted by molar-refractivity contribution is 5.26. The highest BCUT2D eigenvalue weighted by Gasteiger charge is 2.34. The lowest BCUT2D eigenvalue weighted by Crippen LogP contribution is -2.29. The fraction of sp³-hybridized carbons (Fsp3) is 0.760. The van der Waals surface area contributed by atoms with Gasteiger partial charge in [-0.3, -0.25) is 0 Å². The van der Waals surface area contributed by atoms with E-state index in [1.54, 1.807) is 5.56 Å². The van der Waals surface area contributed by atoms with Gasteiger partial charge in [0.25, 0.3) is 0 Å². The Morgan fingerprint density at radius 2 is 1.48 bits per heavy atom. The number of rotatable bonds is 6. The van der Waals surface area contributed by atoms with Crippen LogP contribution in [0.15, 0.2) is 24.3 Å². The zero-order valence-corrected chi connectivity index (χ0v) is 17.0. The third-order valence-corrected chi connectivity index (χ3v) is 7.41. The van der Waals surface area contributed by atoms with Crippen LogP contribution in [0.5, 0.6) is 0 Å². The van der Waals surface area contributed by atoms with Crippen LogP contribution in [0.3, 0.4) is 0 Å². The van der Waals surface area contributed by atoms with Gasteiger partial charge in [0.1, 0.15) is 0 Å². The Hall–Kier alpha value is -0.780. The van der Waals surface area contributed by atoms with Crippen LogP contribution in [0.1, 0.15) is 102 Å². The zero-order valence-electron chi connectivity index (χ0n) is 17.0. The van der Waals surface area contributed by atoms with Crippen molar-refractivity contribution in [3.05, 3.63) is 35.4 Å². The summed E-state index contributed by atoms with van der Waals surface area (Å²) in [5.41, 5.74) is 3.12. The van der Waals surface area contributed by atoms with Gasteiger partial charge in [0.15, 0.2) is 0 Å². The van der Waals surface area contributed by atoms with Crippen molar-refractivity contribution in [3.8, 4) is 0 Å². The molecule has 2 saturated carbocycles. The Morgan fingerprint density at radius 3 is 2.08 bits per heavy atom. The molecular weight excluding hydrogens is 300 g/mol. The minimum atomic E-state index is 0.809. The molecule has 25 heavy (non-hydrogen) atoms. The molecule has 2 aliphatic rings. The summed E-state index contributed by atoms with van der Waals surface area (Å²) >= 11 is 0. The van der Waals surface area contributed by atoms with Gasteiger partial charge in [-0.25, -0.2) is 0 Å². The molecule has 0 nitrogen and oxygen atoms in total. The van der Waals surface area contributed by atoms with Crippen molar-refractivity contribution in [3.63, 3.8) is 0 Å². The van der Waals surface area contributed by atoms with Crippen LogP contribution in [-0.4, -0.2) is 0 Å². The van der Waals surface area contributed by atoms with Crippen LogP contribution in [0.4, 0.5) is 0 Å². The molecule has 0 radical (unpaired) electrons. The SMILES string of the molecule is CCCc1ccc(C2CCC(C3CCC(CCC)CC3)CC2C)cc1. The van der Waals surface area contributed by atoms with E-state index in [1.165, 1.54) is 76.2 Å². The lowest BCUT2D eigenvalue weighted by atomic mass is 9.65. The first-order chi connectivity index (χ1) is 12.2. The third kappa shape index (κ3) is 4.89. The van der Waals surface area contributed by atoms with Gasteiger partial charge in [-0.1, -0.05) is 77.1 Å². The quantitative estimate of drug-likeness (QED) is 0.496. The monoisotopic (exact) mass is 340 g/mol. The van der Waals surface area contributed by atoms with E-state index in [0.717, 1.165) is 29.6 Å². The van der Waals surface area contributed by atoms with Gasteiger partial charge in [0.2, 0.25) is 0 Å². The second-order valence-corrected chi connectivity index (χ2v) is 9.22. The van der Waals surface area contributed by atoms with Crippen molar-refractivity contribution in [1.29, 1.82) is 0 Å². The fourth-order valence-corrected chi connectivity index (χ4v) is 5.94. The van der Waals surface area contributed by atoms with Crippen LogP contribution in [0.25, 0.3) is 0 Å². The first-order valence-electron chi connectivity index (χ1n) is 11.3. The van der Waals surface area contributed by atoms with E-state index in [-0.39, 0.29) is 0 Å². The molecule has 0 N–H and O–H groups in total. The Labute approximate surface area is 156 Å². The maximum Gasteiger partial charge on any atom is -0.0136 e. The number of aryl methyl sites for hydroxylation is 1. The van der Waals surface area contributed by atoms with Crippen molar-refractivity contribution in [2.45, 2.75) is 97.3 Å². The van der Waals surface area contributed by atoms with Crippen molar-refractivity contribution in [2.24, 2.45) is 23.7 Å². The number of benzene rings is 1. The Balaban J connectivity index is 1.52. The molecule has 2 aliphatic carbocycles. The molecule has 0 aliphatic heterocycles. The summed E-state index contributed by atoms with van der Waals surface area (Å²) in [6.45, 7) is 7.15. The lowest BCUT2D eigenvalue weighted by molar-refractivity contribution is 0.130. The van der Waals surface area contributed by atoms with E-state index in [9.17, 15) is 0 Å². The standard InChI is InChI=1S/C25H40/c1-4-6-20-8-12-22(13-9-20)24-16-17-25(19(3)18-24)23-14-10-21(7-5-2)11-15-23/h10-11,14-15,19-20,22,24-25H,4-9,12-13,16-18H2,1-3H3. The number of hydrogen-bond acceptors (Lipinski definition) is 0. The first kappa shape index (κ1) is 19.0. The second-order valence-electron chi connectivity index (χ2n) is 9.22.